The van der Waals surface area contributed by atoms with Crippen LogP contribution in [0.3, 0.4) is 0 Å². The Balaban J connectivity index is 2.58. The van der Waals surface area contributed by atoms with E-state index in [9.17, 15) is 10.1 Å². The molecule has 1 atom stereocenters. The second kappa shape index (κ2) is 5.69. The molecular formula is C16H20N2O3. The van der Waals surface area contributed by atoms with Gasteiger partial charge in [-0.2, -0.15) is 0 Å². The summed E-state index contributed by atoms with van der Waals surface area (Å²) in [6, 6.07) is 5.02. The van der Waals surface area contributed by atoms with Crippen LogP contribution in [0.1, 0.15) is 39.6 Å². The first-order chi connectivity index (χ1) is 9.86. The first kappa shape index (κ1) is 15.3. The molecule has 0 fully saturated rings. The monoisotopic (exact) mass is 288 g/mol. The molecule has 0 aliphatic carbocycles. The average Bonchev–Trinajstić information content (AvgIpc) is 2.91. The molecule has 0 radical (unpaired) electrons. The topological polar surface area (TPSA) is 68.3 Å². The van der Waals surface area contributed by atoms with Gasteiger partial charge in [-0.3, -0.25) is 10.1 Å². The lowest BCUT2D eigenvalue weighted by molar-refractivity contribution is -0.402. The lowest BCUT2D eigenvalue weighted by Crippen LogP contribution is -2.20. The normalized spacial score (nSPS) is 12.4. The Kier molecular flexibility index (Phi) is 4.14. The molecule has 1 aromatic carbocycles. The van der Waals surface area contributed by atoms with Crippen molar-refractivity contribution in [2.24, 2.45) is 0 Å². The summed E-state index contributed by atoms with van der Waals surface area (Å²) in [5.41, 5.74) is 5.89. The smallest absolute Gasteiger partial charge is 0.404 e. The Bertz CT molecular complexity index is 663. The third-order valence-corrected chi connectivity index (χ3v) is 4.08. The maximum absolute atomic E-state index is 10.8. The van der Waals surface area contributed by atoms with E-state index < -0.39 is 4.92 Å². The van der Waals surface area contributed by atoms with Gasteiger partial charge < -0.3 is 9.73 Å². The highest BCUT2D eigenvalue weighted by atomic mass is 16.6. The van der Waals surface area contributed by atoms with Crippen LogP contribution in [0.25, 0.3) is 0 Å². The minimum atomic E-state index is -0.516. The third kappa shape index (κ3) is 2.69. The van der Waals surface area contributed by atoms with Gasteiger partial charge in [-0.25, -0.2) is 0 Å². The highest BCUT2D eigenvalue weighted by molar-refractivity contribution is 5.48. The number of nitro groups is 1. The van der Waals surface area contributed by atoms with Crippen LogP contribution in [-0.4, -0.2) is 12.0 Å². The summed E-state index contributed by atoms with van der Waals surface area (Å²) in [6.45, 7) is 8.28. The molecule has 0 amide bonds. The molecule has 5 heteroatoms. The van der Waals surface area contributed by atoms with Gasteiger partial charge in [0.25, 0.3) is 0 Å². The van der Waals surface area contributed by atoms with Crippen LogP contribution in [0.4, 0.5) is 5.88 Å². The predicted octanol–water partition coefficient (Wildman–Crippen LogP) is 3.73. The van der Waals surface area contributed by atoms with E-state index in [2.05, 4.69) is 39.1 Å². The molecule has 2 aromatic rings. The zero-order valence-electron chi connectivity index (χ0n) is 13.0. The molecule has 0 saturated carbocycles. The number of hydrogen-bond acceptors (Lipinski definition) is 4. The van der Waals surface area contributed by atoms with Crippen molar-refractivity contribution >= 4 is 5.88 Å². The first-order valence-electron chi connectivity index (χ1n) is 6.85. The minimum absolute atomic E-state index is 0.197. The van der Waals surface area contributed by atoms with Gasteiger partial charge in [0.1, 0.15) is 10.7 Å². The van der Waals surface area contributed by atoms with E-state index in [0.717, 1.165) is 5.56 Å². The van der Waals surface area contributed by atoms with Gasteiger partial charge in [0.05, 0.1) is 12.1 Å². The van der Waals surface area contributed by atoms with Crippen molar-refractivity contribution < 1.29 is 9.34 Å². The van der Waals surface area contributed by atoms with Crippen LogP contribution in [-0.2, 0) is 0 Å². The maximum atomic E-state index is 10.8. The van der Waals surface area contributed by atoms with Crippen LogP contribution in [0.5, 0.6) is 0 Å². The molecule has 2 rings (SSSR count). The molecule has 1 N–H and O–H groups in total. The zero-order valence-corrected chi connectivity index (χ0v) is 13.0. The number of nitrogens with one attached hydrogen (secondary N) is 1. The van der Waals surface area contributed by atoms with Crippen molar-refractivity contribution in [1.29, 1.82) is 0 Å². The first-order valence-corrected chi connectivity index (χ1v) is 6.85. The fourth-order valence-electron chi connectivity index (χ4n) is 2.70. The number of aryl methyl sites for hydroxylation is 2. The van der Waals surface area contributed by atoms with E-state index in [0.29, 0.717) is 5.76 Å². The molecule has 1 heterocycles. The highest BCUT2D eigenvalue weighted by Crippen LogP contribution is 2.33. The average molecular weight is 288 g/mol. The minimum Gasteiger partial charge on any atom is -0.404 e. The van der Waals surface area contributed by atoms with Gasteiger partial charge >= 0.3 is 5.88 Å². The van der Waals surface area contributed by atoms with Crippen molar-refractivity contribution in [2.45, 2.75) is 33.7 Å². The zero-order chi connectivity index (χ0) is 15.7. The Morgan fingerprint density at radius 1 is 1.14 bits per heavy atom. The molecule has 112 valence electrons. The summed E-state index contributed by atoms with van der Waals surface area (Å²) in [5, 5.41) is 14.0. The third-order valence-electron chi connectivity index (χ3n) is 4.08. The van der Waals surface area contributed by atoms with Crippen molar-refractivity contribution in [1.82, 2.24) is 5.32 Å². The molecule has 0 spiro atoms. The van der Waals surface area contributed by atoms with Crippen LogP contribution in [0.15, 0.2) is 22.6 Å². The summed E-state index contributed by atoms with van der Waals surface area (Å²) in [7, 11) is 1.83. The number of rotatable bonds is 4. The molecule has 0 aliphatic heterocycles. The highest BCUT2D eigenvalue weighted by Gasteiger charge is 2.24. The van der Waals surface area contributed by atoms with Gasteiger partial charge in [-0.1, -0.05) is 6.07 Å². The van der Waals surface area contributed by atoms with E-state index in [4.69, 9.17) is 4.42 Å². The number of nitrogens with zero attached hydrogens (tertiary/aromatic N) is 1. The second-order valence-electron chi connectivity index (χ2n) is 5.33. The Labute approximate surface area is 124 Å². The largest absolute Gasteiger partial charge is 0.433 e. The Morgan fingerprint density at radius 2 is 1.71 bits per heavy atom. The van der Waals surface area contributed by atoms with Crippen LogP contribution in [0.2, 0.25) is 0 Å². The number of furan rings is 1. The molecule has 0 bridgehead atoms. The van der Waals surface area contributed by atoms with E-state index in [1.54, 1.807) is 6.07 Å². The summed E-state index contributed by atoms with van der Waals surface area (Å²) in [5.74, 6) is 0.324. The maximum Gasteiger partial charge on any atom is 0.433 e. The summed E-state index contributed by atoms with van der Waals surface area (Å²) in [4.78, 5) is 10.3. The van der Waals surface area contributed by atoms with Crippen molar-refractivity contribution in [3.8, 4) is 0 Å². The fourth-order valence-corrected chi connectivity index (χ4v) is 2.70. The van der Waals surface area contributed by atoms with Crippen molar-refractivity contribution in [2.75, 3.05) is 7.05 Å². The lowest BCUT2D eigenvalue weighted by Gasteiger charge is -2.22. The molecular weight excluding hydrogens is 268 g/mol. The van der Waals surface area contributed by atoms with Crippen molar-refractivity contribution in [3.63, 3.8) is 0 Å². The quantitative estimate of drug-likeness (QED) is 0.687. The van der Waals surface area contributed by atoms with Gasteiger partial charge in [-0.15, -0.1) is 0 Å². The summed E-state index contributed by atoms with van der Waals surface area (Å²) < 4.78 is 5.38. The molecule has 1 aromatic heterocycles. The second-order valence-corrected chi connectivity index (χ2v) is 5.33. The van der Waals surface area contributed by atoms with Gasteiger partial charge in [0.15, 0.2) is 0 Å². The van der Waals surface area contributed by atoms with E-state index in [1.807, 2.05) is 7.05 Å². The molecule has 0 aliphatic rings. The number of benzene rings is 1. The number of hydrogen-bond donors (Lipinski definition) is 1. The van der Waals surface area contributed by atoms with Gasteiger partial charge in [0, 0.05) is 0 Å². The Morgan fingerprint density at radius 3 is 2.14 bits per heavy atom. The van der Waals surface area contributed by atoms with E-state index in [-0.39, 0.29) is 11.9 Å². The molecule has 1 unspecified atom stereocenters. The lowest BCUT2D eigenvalue weighted by atomic mass is 9.89. The van der Waals surface area contributed by atoms with Crippen LogP contribution < -0.4 is 5.32 Å². The van der Waals surface area contributed by atoms with E-state index >= 15 is 0 Å². The molecule has 21 heavy (non-hydrogen) atoms. The Hall–Kier alpha value is -2.14. The van der Waals surface area contributed by atoms with Crippen LogP contribution >= 0.6 is 0 Å². The van der Waals surface area contributed by atoms with Crippen molar-refractivity contribution in [3.05, 3.63) is 61.9 Å². The predicted molar refractivity (Wildman–Crippen MR) is 81.7 cm³/mol. The van der Waals surface area contributed by atoms with E-state index in [1.165, 1.54) is 28.3 Å². The summed E-state index contributed by atoms with van der Waals surface area (Å²) >= 11 is 0. The molecule has 0 saturated heterocycles. The van der Waals surface area contributed by atoms with Gasteiger partial charge in [-0.05, 0) is 68.6 Å². The van der Waals surface area contributed by atoms with Crippen LogP contribution in [0, 0.1) is 37.8 Å². The standard InChI is InChI=1S/C16H20N2O3/c1-9-8-10(2)12(4)15(11(9)3)16(17-5)13-6-7-14(21-13)18(19)20/h6-8,16-17H,1-5H3. The fraction of sp³-hybridized carbons (Fsp3) is 0.375. The molecule has 5 nitrogen and oxygen atoms in total. The summed E-state index contributed by atoms with van der Waals surface area (Å²) in [6.07, 6.45) is 0. The SMILES string of the molecule is CNC(c1ccc([N+](=O)[O-])o1)c1c(C)c(C)cc(C)c1C. The van der Waals surface area contributed by atoms with Gasteiger partial charge in [0.2, 0.25) is 0 Å².